The number of hydrogen-bond acceptors (Lipinski definition) is 2. The average molecular weight is 277 g/mol. The van der Waals surface area contributed by atoms with Gasteiger partial charge < -0.3 is 9.69 Å². The third-order valence-corrected chi connectivity index (χ3v) is 6.06. The van der Waals surface area contributed by atoms with Gasteiger partial charge in [-0.25, -0.2) is 0 Å². The molecule has 3 saturated carbocycles. The standard InChI is InChI=1S/C17H27NO2/c1-18(10-12-5-3-2-4-6-12)17(20)16-14-8-7-13(9-14)15(16)11-19/h11-16H,2-10H2,1H3/t13?,14?,15-,16+/m0/s1. The lowest BCUT2D eigenvalue weighted by Gasteiger charge is -2.33. The average Bonchev–Trinajstić information content (AvgIpc) is 3.07. The predicted molar refractivity (Wildman–Crippen MR) is 78.1 cm³/mol. The Bertz CT molecular complexity index is 375. The van der Waals surface area contributed by atoms with E-state index < -0.39 is 0 Å². The van der Waals surface area contributed by atoms with E-state index in [1.807, 2.05) is 11.9 Å². The molecule has 0 aliphatic heterocycles. The largest absolute Gasteiger partial charge is 0.345 e. The van der Waals surface area contributed by atoms with Crippen molar-refractivity contribution in [3.63, 3.8) is 0 Å². The topological polar surface area (TPSA) is 37.4 Å². The molecule has 0 spiro atoms. The number of carbonyl (C=O) groups is 2. The van der Waals surface area contributed by atoms with Crippen LogP contribution in [0.25, 0.3) is 0 Å². The van der Waals surface area contributed by atoms with Gasteiger partial charge in [0, 0.05) is 19.5 Å². The normalized spacial score (nSPS) is 37.0. The molecule has 3 aliphatic carbocycles. The third-order valence-electron chi connectivity index (χ3n) is 6.06. The van der Waals surface area contributed by atoms with E-state index in [4.69, 9.17) is 0 Å². The molecule has 4 atom stereocenters. The van der Waals surface area contributed by atoms with E-state index in [2.05, 4.69) is 0 Å². The molecule has 0 saturated heterocycles. The van der Waals surface area contributed by atoms with Crippen molar-refractivity contribution in [1.82, 2.24) is 4.90 Å². The highest BCUT2D eigenvalue weighted by Gasteiger charge is 2.51. The first-order chi connectivity index (χ1) is 9.70. The van der Waals surface area contributed by atoms with Crippen LogP contribution in [0, 0.1) is 29.6 Å². The van der Waals surface area contributed by atoms with Crippen molar-refractivity contribution in [2.24, 2.45) is 29.6 Å². The number of nitrogens with zero attached hydrogens (tertiary/aromatic N) is 1. The number of aldehydes is 1. The zero-order valence-corrected chi connectivity index (χ0v) is 12.6. The molecular weight excluding hydrogens is 250 g/mol. The summed E-state index contributed by atoms with van der Waals surface area (Å²) in [5.74, 6) is 1.92. The lowest BCUT2D eigenvalue weighted by Crippen LogP contribution is -2.42. The number of hydrogen-bond donors (Lipinski definition) is 0. The van der Waals surface area contributed by atoms with Crippen molar-refractivity contribution < 1.29 is 9.59 Å². The van der Waals surface area contributed by atoms with Gasteiger partial charge in [0.15, 0.2) is 0 Å². The molecule has 3 nitrogen and oxygen atoms in total. The second-order valence-electron chi connectivity index (χ2n) is 7.30. The van der Waals surface area contributed by atoms with Crippen LogP contribution in [0.2, 0.25) is 0 Å². The van der Waals surface area contributed by atoms with Crippen molar-refractivity contribution in [1.29, 1.82) is 0 Å². The molecule has 2 unspecified atom stereocenters. The summed E-state index contributed by atoms with van der Waals surface area (Å²) in [4.78, 5) is 26.0. The van der Waals surface area contributed by atoms with Gasteiger partial charge in [0.2, 0.25) is 5.91 Å². The molecule has 0 N–H and O–H groups in total. The van der Waals surface area contributed by atoms with Crippen molar-refractivity contribution in [2.75, 3.05) is 13.6 Å². The summed E-state index contributed by atoms with van der Waals surface area (Å²) in [6.45, 7) is 0.901. The van der Waals surface area contributed by atoms with Crippen molar-refractivity contribution in [3.05, 3.63) is 0 Å². The Morgan fingerprint density at radius 1 is 1.10 bits per heavy atom. The molecule has 0 heterocycles. The van der Waals surface area contributed by atoms with Gasteiger partial charge in [0.1, 0.15) is 6.29 Å². The highest BCUT2D eigenvalue weighted by molar-refractivity contribution is 5.83. The molecule has 1 amide bonds. The summed E-state index contributed by atoms with van der Waals surface area (Å²) in [5, 5.41) is 0. The minimum absolute atomic E-state index is 0.000148. The van der Waals surface area contributed by atoms with Crippen molar-refractivity contribution in [2.45, 2.75) is 51.4 Å². The maximum absolute atomic E-state index is 12.7. The van der Waals surface area contributed by atoms with E-state index in [9.17, 15) is 9.59 Å². The molecule has 3 fully saturated rings. The minimum Gasteiger partial charge on any atom is -0.345 e. The molecule has 0 aromatic rings. The van der Waals surface area contributed by atoms with E-state index in [-0.39, 0.29) is 17.7 Å². The fourth-order valence-corrected chi connectivity index (χ4v) is 5.00. The van der Waals surface area contributed by atoms with Crippen LogP contribution >= 0.6 is 0 Å². The molecule has 0 radical (unpaired) electrons. The first-order valence-corrected chi connectivity index (χ1v) is 8.41. The maximum atomic E-state index is 12.7. The Morgan fingerprint density at radius 2 is 1.80 bits per heavy atom. The second kappa shape index (κ2) is 5.87. The highest BCUT2D eigenvalue weighted by atomic mass is 16.2. The van der Waals surface area contributed by atoms with Crippen LogP contribution in [0.1, 0.15) is 51.4 Å². The Kier molecular flexibility index (Phi) is 4.13. The molecule has 112 valence electrons. The lowest BCUT2D eigenvalue weighted by molar-refractivity contribution is -0.140. The monoisotopic (exact) mass is 277 g/mol. The van der Waals surface area contributed by atoms with Crippen LogP contribution in [0.15, 0.2) is 0 Å². The van der Waals surface area contributed by atoms with Crippen LogP contribution in [-0.2, 0) is 9.59 Å². The smallest absolute Gasteiger partial charge is 0.226 e. The summed E-state index contributed by atoms with van der Waals surface area (Å²) >= 11 is 0. The Labute approximate surface area is 122 Å². The number of amides is 1. The predicted octanol–water partition coefficient (Wildman–Crippen LogP) is 2.89. The fraction of sp³-hybridized carbons (Fsp3) is 0.882. The Morgan fingerprint density at radius 3 is 2.50 bits per heavy atom. The molecule has 3 heteroatoms. The number of rotatable bonds is 4. The number of carbonyl (C=O) groups excluding carboxylic acids is 2. The lowest BCUT2D eigenvalue weighted by atomic mass is 9.79. The fourth-order valence-electron chi connectivity index (χ4n) is 5.00. The summed E-state index contributed by atoms with van der Waals surface area (Å²) in [6.07, 6.45) is 11.0. The van der Waals surface area contributed by atoms with Gasteiger partial charge >= 0.3 is 0 Å². The zero-order chi connectivity index (χ0) is 14.1. The summed E-state index contributed by atoms with van der Waals surface area (Å²) in [5.41, 5.74) is 0. The summed E-state index contributed by atoms with van der Waals surface area (Å²) in [7, 11) is 1.95. The first kappa shape index (κ1) is 14.1. The second-order valence-corrected chi connectivity index (χ2v) is 7.30. The van der Waals surface area contributed by atoms with E-state index in [0.717, 1.165) is 32.1 Å². The van der Waals surface area contributed by atoms with Crippen LogP contribution in [0.4, 0.5) is 0 Å². The maximum Gasteiger partial charge on any atom is 0.226 e. The zero-order valence-electron chi connectivity index (χ0n) is 12.6. The molecule has 2 bridgehead atoms. The summed E-state index contributed by atoms with van der Waals surface area (Å²) in [6, 6.07) is 0. The van der Waals surface area contributed by atoms with E-state index in [1.54, 1.807) is 0 Å². The van der Waals surface area contributed by atoms with Crippen LogP contribution in [-0.4, -0.2) is 30.7 Å². The van der Waals surface area contributed by atoms with Gasteiger partial charge in [-0.2, -0.15) is 0 Å². The highest BCUT2D eigenvalue weighted by Crippen LogP contribution is 2.52. The molecule has 20 heavy (non-hydrogen) atoms. The van der Waals surface area contributed by atoms with E-state index >= 15 is 0 Å². The van der Waals surface area contributed by atoms with Crippen LogP contribution in [0.5, 0.6) is 0 Å². The molecule has 3 aliphatic rings. The van der Waals surface area contributed by atoms with E-state index in [0.29, 0.717) is 17.8 Å². The van der Waals surface area contributed by atoms with Gasteiger partial charge in [-0.15, -0.1) is 0 Å². The van der Waals surface area contributed by atoms with Crippen molar-refractivity contribution in [3.8, 4) is 0 Å². The van der Waals surface area contributed by atoms with Gasteiger partial charge in [-0.3, -0.25) is 4.79 Å². The molecular formula is C17H27NO2. The quantitative estimate of drug-likeness (QED) is 0.741. The number of fused-ring (bicyclic) bond motifs is 2. The van der Waals surface area contributed by atoms with Crippen molar-refractivity contribution >= 4 is 12.2 Å². The molecule has 3 rings (SSSR count). The van der Waals surface area contributed by atoms with Gasteiger partial charge in [0.05, 0.1) is 5.92 Å². The van der Waals surface area contributed by atoms with Crippen LogP contribution < -0.4 is 0 Å². The first-order valence-electron chi connectivity index (χ1n) is 8.41. The Hall–Kier alpha value is -0.860. The van der Waals surface area contributed by atoms with Crippen LogP contribution in [0.3, 0.4) is 0 Å². The van der Waals surface area contributed by atoms with E-state index in [1.165, 1.54) is 32.1 Å². The van der Waals surface area contributed by atoms with Gasteiger partial charge in [0.25, 0.3) is 0 Å². The third kappa shape index (κ3) is 2.51. The SMILES string of the molecule is CN(CC1CCCCC1)C(=O)[C@@H]1C2CCC(C2)[C@@H]1C=O. The van der Waals surface area contributed by atoms with Gasteiger partial charge in [-0.05, 0) is 49.9 Å². The molecule has 0 aromatic heterocycles. The summed E-state index contributed by atoms with van der Waals surface area (Å²) < 4.78 is 0. The van der Waals surface area contributed by atoms with Gasteiger partial charge in [-0.1, -0.05) is 19.3 Å². The Balaban J connectivity index is 1.61. The minimum atomic E-state index is -0.000148. The molecule has 0 aromatic carbocycles.